The maximum atomic E-state index is 11.8. The van der Waals surface area contributed by atoms with Crippen molar-refractivity contribution in [2.24, 2.45) is 46.3 Å². The summed E-state index contributed by atoms with van der Waals surface area (Å²) in [6.45, 7) is 17.1. The summed E-state index contributed by atoms with van der Waals surface area (Å²) < 4.78 is 0. The normalized spacial score (nSPS) is 51.6. The van der Waals surface area contributed by atoms with Crippen LogP contribution in [0.2, 0.25) is 0 Å². The standard InChI is InChI=1S/C23H42O/c1-15(2)23(24)13-10-17(4)20-14-18-9-8-16(3)19(21(18,5)6)11-12-22(20,23)7/h15-20,24H,8-14H2,1-7H3/t16-,17-,18+,19+,20-,22+,23?/m1/s1. The highest BCUT2D eigenvalue weighted by atomic mass is 16.3. The quantitative estimate of drug-likeness (QED) is 0.596. The van der Waals surface area contributed by atoms with Gasteiger partial charge in [0.15, 0.2) is 0 Å². The van der Waals surface area contributed by atoms with Crippen LogP contribution in [0.15, 0.2) is 0 Å². The third-order valence-electron chi connectivity index (χ3n) is 9.61. The van der Waals surface area contributed by atoms with Gasteiger partial charge in [0.2, 0.25) is 0 Å². The molecule has 0 saturated heterocycles. The fourth-order valence-corrected chi connectivity index (χ4v) is 7.64. The molecule has 1 nitrogen and oxygen atoms in total. The van der Waals surface area contributed by atoms with Gasteiger partial charge in [-0.1, -0.05) is 54.9 Å². The van der Waals surface area contributed by atoms with Gasteiger partial charge in [-0.05, 0) is 84.9 Å². The molecule has 3 rings (SSSR count). The van der Waals surface area contributed by atoms with E-state index in [1.807, 2.05) is 0 Å². The molecule has 1 unspecified atom stereocenters. The van der Waals surface area contributed by atoms with Crippen molar-refractivity contribution in [3.8, 4) is 0 Å². The maximum Gasteiger partial charge on any atom is 0.0726 e. The Morgan fingerprint density at radius 2 is 1.46 bits per heavy atom. The molecule has 0 amide bonds. The minimum absolute atomic E-state index is 0.100. The van der Waals surface area contributed by atoms with E-state index >= 15 is 0 Å². The summed E-state index contributed by atoms with van der Waals surface area (Å²) in [6.07, 6.45) is 8.94. The second kappa shape index (κ2) is 6.00. The molecule has 1 N–H and O–H groups in total. The molecule has 3 fully saturated rings. The number of hydrogen-bond donors (Lipinski definition) is 1. The Labute approximate surface area is 151 Å². The Kier molecular flexibility index (Phi) is 4.69. The third-order valence-corrected chi connectivity index (χ3v) is 9.61. The van der Waals surface area contributed by atoms with E-state index in [4.69, 9.17) is 0 Å². The minimum Gasteiger partial charge on any atom is -0.389 e. The number of hydrogen-bond acceptors (Lipinski definition) is 1. The zero-order chi connectivity index (χ0) is 17.9. The lowest BCUT2D eigenvalue weighted by Crippen LogP contribution is -2.61. The molecule has 24 heavy (non-hydrogen) atoms. The van der Waals surface area contributed by atoms with Crippen molar-refractivity contribution in [2.75, 3.05) is 0 Å². The molecule has 0 heterocycles. The Hall–Kier alpha value is -0.0400. The molecule has 0 aliphatic heterocycles. The van der Waals surface area contributed by atoms with Crippen LogP contribution >= 0.6 is 0 Å². The van der Waals surface area contributed by atoms with Crippen molar-refractivity contribution in [1.82, 2.24) is 0 Å². The largest absolute Gasteiger partial charge is 0.389 e. The van der Waals surface area contributed by atoms with E-state index in [9.17, 15) is 5.11 Å². The Bertz CT molecular complexity index is 467. The van der Waals surface area contributed by atoms with Crippen molar-refractivity contribution in [2.45, 2.75) is 99.0 Å². The van der Waals surface area contributed by atoms with E-state index < -0.39 is 5.60 Å². The van der Waals surface area contributed by atoms with E-state index in [0.29, 0.717) is 17.3 Å². The van der Waals surface area contributed by atoms with Crippen LogP contribution in [-0.4, -0.2) is 10.7 Å². The van der Waals surface area contributed by atoms with Crippen molar-refractivity contribution in [1.29, 1.82) is 0 Å². The summed E-state index contributed by atoms with van der Waals surface area (Å²) in [6, 6.07) is 0. The smallest absolute Gasteiger partial charge is 0.0726 e. The first kappa shape index (κ1) is 18.7. The van der Waals surface area contributed by atoms with Gasteiger partial charge in [0.1, 0.15) is 0 Å². The molecule has 7 atom stereocenters. The van der Waals surface area contributed by atoms with Gasteiger partial charge in [-0.2, -0.15) is 0 Å². The van der Waals surface area contributed by atoms with Gasteiger partial charge < -0.3 is 5.11 Å². The molecule has 3 saturated carbocycles. The molecule has 2 bridgehead atoms. The number of fused-ring (bicyclic) bond motifs is 3. The molecule has 3 aliphatic rings. The zero-order valence-electron chi connectivity index (χ0n) is 17.4. The highest BCUT2D eigenvalue weighted by Gasteiger charge is 2.59. The molecule has 1 heteroatoms. The lowest BCUT2D eigenvalue weighted by molar-refractivity contribution is -0.201. The van der Waals surface area contributed by atoms with E-state index in [2.05, 4.69) is 48.5 Å². The van der Waals surface area contributed by atoms with Crippen molar-refractivity contribution >= 4 is 0 Å². The van der Waals surface area contributed by atoms with E-state index in [1.54, 1.807) is 0 Å². The summed E-state index contributed by atoms with van der Waals surface area (Å²) in [4.78, 5) is 0. The zero-order valence-corrected chi connectivity index (χ0v) is 17.4. The average Bonchev–Trinajstić information content (AvgIpc) is 2.48. The fourth-order valence-electron chi connectivity index (χ4n) is 7.64. The highest BCUT2D eigenvalue weighted by Crippen LogP contribution is 2.63. The number of rotatable bonds is 1. The lowest BCUT2D eigenvalue weighted by atomic mass is 9.44. The molecule has 0 aromatic rings. The van der Waals surface area contributed by atoms with Gasteiger partial charge in [-0.15, -0.1) is 0 Å². The average molecular weight is 335 g/mol. The Morgan fingerprint density at radius 1 is 0.833 bits per heavy atom. The molecule has 0 aromatic carbocycles. The fraction of sp³-hybridized carbons (Fsp3) is 1.00. The van der Waals surface area contributed by atoms with Crippen molar-refractivity contribution < 1.29 is 5.11 Å². The summed E-state index contributed by atoms with van der Waals surface area (Å²) in [5.41, 5.74) is 0.109. The van der Waals surface area contributed by atoms with Crippen LogP contribution in [0.4, 0.5) is 0 Å². The van der Waals surface area contributed by atoms with E-state index in [1.165, 1.54) is 38.5 Å². The maximum absolute atomic E-state index is 11.8. The predicted octanol–water partition coefficient (Wildman–Crippen LogP) is 6.30. The topological polar surface area (TPSA) is 20.2 Å². The summed E-state index contributed by atoms with van der Waals surface area (Å²) in [7, 11) is 0. The van der Waals surface area contributed by atoms with Gasteiger partial charge in [-0.3, -0.25) is 0 Å². The second-order valence-corrected chi connectivity index (χ2v) is 11.1. The van der Waals surface area contributed by atoms with Gasteiger partial charge in [0.05, 0.1) is 5.60 Å². The van der Waals surface area contributed by atoms with Crippen LogP contribution in [0.25, 0.3) is 0 Å². The van der Waals surface area contributed by atoms with Crippen LogP contribution in [0.1, 0.15) is 93.4 Å². The van der Waals surface area contributed by atoms with Crippen LogP contribution in [0, 0.1) is 46.3 Å². The van der Waals surface area contributed by atoms with E-state index in [0.717, 1.165) is 30.1 Å². The van der Waals surface area contributed by atoms with Gasteiger partial charge in [-0.25, -0.2) is 0 Å². The second-order valence-electron chi connectivity index (χ2n) is 11.1. The lowest BCUT2D eigenvalue weighted by Gasteiger charge is -2.62. The van der Waals surface area contributed by atoms with E-state index in [-0.39, 0.29) is 5.41 Å². The first-order valence-corrected chi connectivity index (χ1v) is 10.8. The van der Waals surface area contributed by atoms with Gasteiger partial charge >= 0.3 is 0 Å². The Morgan fingerprint density at radius 3 is 2.08 bits per heavy atom. The molecule has 140 valence electrons. The summed E-state index contributed by atoms with van der Waals surface area (Å²) in [5.74, 6) is 4.35. The minimum atomic E-state index is -0.469. The van der Waals surface area contributed by atoms with Crippen molar-refractivity contribution in [3.05, 3.63) is 0 Å². The van der Waals surface area contributed by atoms with Crippen LogP contribution in [0.3, 0.4) is 0 Å². The molecule has 3 aliphatic carbocycles. The molecular formula is C23H42O. The van der Waals surface area contributed by atoms with Gasteiger partial charge in [0, 0.05) is 0 Å². The van der Waals surface area contributed by atoms with Crippen molar-refractivity contribution in [3.63, 3.8) is 0 Å². The molecule has 0 radical (unpaired) electrons. The Balaban J connectivity index is 2.02. The highest BCUT2D eigenvalue weighted by molar-refractivity contribution is 5.09. The van der Waals surface area contributed by atoms with Gasteiger partial charge in [0.25, 0.3) is 0 Å². The first-order chi connectivity index (χ1) is 11.0. The number of aliphatic hydroxyl groups is 1. The van der Waals surface area contributed by atoms with Crippen LogP contribution in [0.5, 0.6) is 0 Å². The summed E-state index contributed by atoms with van der Waals surface area (Å²) in [5, 5.41) is 11.8. The monoisotopic (exact) mass is 334 g/mol. The molecule has 0 aromatic heterocycles. The first-order valence-electron chi connectivity index (χ1n) is 10.8. The molecule has 0 spiro atoms. The predicted molar refractivity (Wildman–Crippen MR) is 103 cm³/mol. The third kappa shape index (κ3) is 2.51. The van der Waals surface area contributed by atoms with Crippen LogP contribution < -0.4 is 0 Å². The SMILES string of the molecule is CC(C)C1(O)CC[C@@H](C)[C@H]2C[C@@H]3CC[C@@H](C)[C@H](CC[C@@]21C)C3(C)C. The summed E-state index contributed by atoms with van der Waals surface area (Å²) >= 11 is 0. The van der Waals surface area contributed by atoms with Crippen LogP contribution in [-0.2, 0) is 0 Å². The molecular weight excluding hydrogens is 292 g/mol.